The van der Waals surface area contributed by atoms with Crippen LogP contribution < -0.4 is 4.72 Å². The number of hydrogen-bond acceptors (Lipinski definition) is 2. The highest BCUT2D eigenvalue weighted by molar-refractivity contribution is 7.92. The monoisotopic (exact) mass is 376 g/mol. The molecule has 2 N–H and O–H groups in total. The minimum atomic E-state index is -3.61. The summed E-state index contributed by atoms with van der Waals surface area (Å²) in [6, 6.07) is 22.8. The molecule has 1 aromatic heterocycles. The fourth-order valence-corrected chi connectivity index (χ4v) is 4.50. The third-order valence-electron chi connectivity index (χ3n) is 4.48. The Kier molecular flexibility index (Phi) is 4.24. The van der Waals surface area contributed by atoms with Gasteiger partial charge in [0.2, 0.25) is 0 Å². The van der Waals surface area contributed by atoms with Gasteiger partial charge in [0, 0.05) is 22.3 Å². The summed E-state index contributed by atoms with van der Waals surface area (Å²) < 4.78 is 28.0. The van der Waals surface area contributed by atoms with Gasteiger partial charge in [-0.1, -0.05) is 36.4 Å². The molecule has 0 aliphatic heterocycles. The first kappa shape index (κ1) is 17.4. The fraction of sp³-hybridized carbons (Fsp3) is 0.0909. The van der Waals surface area contributed by atoms with Crippen molar-refractivity contribution in [3.05, 3.63) is 83.9 Å². The molecule has 0 saturated carbocycles. The molecule has 3 aromatic carbocycles. The molecule has 5 heteroatoms. The summed E-state index contributed by atoms with van der Waals surface area (Å²) >= 11 is 0. The lowest BCUT2D eigenvalue weighted by molar-refractivity contribution is 0.601. The van der Waals surface area contributed by atoms with Gasteiger partial charge in [0.1, 0.15) is 0 Å². The van der Waals surface area contributed by atoms with Crippen LogP contribution in [0.2, 0.25) is 0 Å². The first-order valence-corrected chi connectivity index (χ1v) is 10.2. The second kappa shape index (κ2) is 6.59. The van der Waals surface area contributed by atoms with Crippen molar-refractivity contribution in [2.75, 3.05) is 4.72 Å². The van der Waals surface area contributed by atoms with Crippen molar-refractivity contribution in [3.8, 4) is 11.3 Å². The van der Waals surface area contributed by atoms with Gasteiger partial charge >= 0.3 is 0 Å². The van der Waals surface area contributed by atoms with Crippen LogP contribution in [0.4, 0.5) is 5.69 Å². The van der Waals surface area contributed by atoms with Gasteiger partial charge < -0.3 is 4.98 Å². The van der Waals surface area contributed by atoms with Crippen molar-refractivity contribution in [1.29, 1.82) is 0 Å². The lowest BCUT2D eigenvalue weighted by Crippen LogP contribution is -2.13. The van der Waals surface area contributed by atoms with Gasteiger partial charge in [0.05, 0.1) is 4.90 Å². The second-order valence-electron chi connectivity index (χ2n) is 6.78. The Morgan fingerprint density at radius 1 is 0.815 bits per heavy atom. The zero-order chi connectivity index (χ0) is 19.0. The largest absolute Gasteiger partial charge is 0.355 e. The van der Waals surface area contributed by atoms with Crippen molar-refractivity contribution in [1.82, 2.24) is 4.98 Å². The number of benzene rings is 3. The van der Waals surface area contributed by atoms with Gasteiger partial charge in [-0.2, -0.15) is 0 Å². The van der Waals surface area contributed by atoms with Crippen LogP contribution in [0.15, 0.2) is 77.7 Å². The highest BCUT2D eigenvalue weighted by Gasteiger charge is 2.15. The van der Waals surface area contributed by atoms with Gasteiger partial charge in [0.25, 0.3) is 10.0 Å². The van der Waals surface area contributed by atoms with Crippen LogP contribution in [0.1, 0.15) is 11.1 Å². The Bertz CT molecular complexity index is 1170. The zero-order valence-electron chi connectivity index (χ0n) is 15.2. The molecule has 1 heterocycles. The molecular formula is C22H20N2O2S. The van der Waals surface area contributed by atoms with Crippen molar-refractivity contribution in [2.45, 2.75) is 18.7 Å². The molecule has 0 radical (unpaired) electrons. The Morgan fingerprint density at radius 2 is 1.48 bits per heavy atom. The molecule has 0 atom stereocenters. The van der Waals surface area contributed by atoms with E-state index in [1.165, 1.54) is 0 Å². The zero-order valence-corrected chi connectivity index (χ0v) is 16.0. The normalized spacial score (nSPS) is 11.6. The number of fused-ring (bicyclic) bond motifs is 1. The predicted octanol–water partition coefficient (Wildman–Crippen LogP) is 5.25. The summed E-state index contributed by atoms with van der Waals surface area (Å²) in [5.74, 6) is 0. The van der Waals surface area contributed by atoms with Gasteiger partial charge in [-0.15, -0.1) is 0 Å². The summed E-state index contributed by atoms with van der Waals surface area (Å²) in [5.41, 5.74) is 5.45. The van der Waals surface area contributed by atoms with E-state index >= 15 is 0 Å². The maximum Gasteiger partial charge on any atom is 0.261 e. The number of aromatic nitrogens is 1. The molecule has 0 spiro atoms. The topological polar surface area (TPSA) is 62.0 Å². The lowest BCUT2D eigenvalue weighted by Gasteiger charge is -2.10. The number of sulfonamides is 1. The average Bonchev–Trinajstić information content (AvgIpc) is 3.05. The van der Waals surface area contributed by atoms with E-state index in [4.69, 9.17) is 0 Å². The maximum absolute atomic E-state index is 12.7. The first-order valence-electron chi connectivity index (χ1n) is 8.70. The quantitative estimate of drug-likeness (QED) is 0.511. The third-order valence-corrected chi connectivity index (χ3v) is 5.84. The van der Waals surface area contributed by atoms with E-state index in [0.717, 1.165) is 33.3 Å². The molecule has 27 heavy (non-hydrogen) atoms. The van der Waals surface area contributed by atoms with Crippen LogP contribution in [0, 0.1) is 13.8 Å². The number of aryl methyl sites for hydroxylation is 2. The van der Waals surface area contributed by atoms with Gasteiger partial charge in [-0.25, -0.2) is 8.42 Å². The van der Waals surface area contributed by atoms with Gasteiger partial charge in [-0.3, -0.25) is 4.72 Å². The van der Waals surface area contributed by atoms with Crippen LogP contribution in [0.5, 0.6) is 0 Å². The SMILES string of the molecule is Cc1cc(C)cc(S(=O)(=O)Nc2ccc(-c3cc4ccccc4[nH]3)cc2)c1. The first-order chi connectivity index (χ1) is 12.9. The highest BCUT2D eigenvalue weighted by atomic mass is 32.2. The molecule has 0 unspecified atom stereocenters. The number of nitrogens with one attached hydrogen (secondary N) is 2. The average molecular weight is 376 g/mol. The molecule has 136 valence electrons. The smallest absolute Gasteiger partial charge is 0.261 e. The second-order valence-corrected chi connectivity index (χ2v) is 8.46. The van der Waals surface area contributed by atoms with E-state index in [-0.39, 0.29) is 4.90 Å². The Hall–Kier alpha value is -3.05. The van der Waals surface area contributed by atoms with Gasteiger partial charge in [-0.05, 0) is 66.9 Å². The third kappa shape index (κ3) is 3.59. The van der Waals surface area contributed by atoms with Crippen molar-refractivity contribution in [2.24, 2.45) is 0 Å². The van der Waals surface area contributed by atoms with Crippen LogP contribution in [0.25, 0.3) is 22.2 Å². The van der Waals surface area contributed by atoms with Gasteiger partial charge in [0.15, 0.2) is 0 Å². The van der Waals surface area contributed by atoms with E-state index in [1.807, 2.05) is 50.2 Å². The van der Waals surface area contributed by atoms with Crippen LogP contribution in [-0.4, -0.2) is 13.4 Å². The van der Waals surface area contributed by atoms with E-state index in [9.17, 15) is 8.42 Å². The Labute approximate surface area is 158 Å². The summed E-state index contributed by atoms with van der Waals surface area (Å²) in [6.07, 6.45) is 0. The molecule has 0 aliphatic rings. The molecule has 4 rings (SSSR count). The molecule has 4 aromatic rings. The molecule has 0 amide bonds. The van der Waals surface area contributed by atoms with E-state index in [1.54, 1.807) is 24.3 Å². The summed E-state index contributed by atoms with van der Waals surface area (Å²) in [6.45, 7) is 3.78. The highest BCUT2D eigenvalue weighted by Crippen LogP contribution is 2.26. The minimum absolute atomic E-state index is 0.277. The lowest BCUT2D eigenvalue weighted by atomic mass is 10.1. The number of H-pyrrole nitrogens is 1. The molecule has 0 saturated heterocycles. The maximum atomic E-state index is 12.7. The predicted molar refractivity (Wildman–Crippen MR) is 110 cm³/mol. The molecule has 0 aliphatic carbocycles. The Morgan fingerprint density at radius 3 is 2.15 bits per heavy atom. The molecule has 0 bridgehead atoms. The number of anilines is 1. The summed E-state index contributed by atoms with van der Waals surface area (Å²) in [4.78, 5) is 3.66. The van der Waals surface area contributed by atoms with E-state index in [2.05, 4.69) is 21.8 Å². The number of aromatic amines is 1. The number of para-hydroxylation sites is 1. The summed E-state index contributed by atoms with van der Waals surface area (Å²) in [5, 5.41) is 1.15. The molecule has 0 fully saturated rings. The minimum Gasteiger partial charge on any atom is -0.355 e. The van der Waals surface area contributed by atoms with Crippen LogP contribution >= 0.6 is 0 Å². The fourth-order valence-electron chi connectivity index (χ4n) is 3.25. The van der Waals surface area contributed by atoms with Crippen molar-refractivity contribution >= 4 is 26.6 Å². The number of hydrogen-bond donors (Lipinski definition) is 2. The number of rotatable bonds is 4. The summed E-state index contributed by atoms with van der Waals surface area (Å²) in [7, 11) is -3.61. The van der Waals surface area contributed by atoms with Crippen LogP contribution in [0.3, 0.4) is 0 Å². The molecular weight excluding hydrogens is 356 g/mol. The standard InChI is InChI=1S/C22H20N2O2S/c1-15-11-16(2)13-20(12-15)27(25,26)24-19-9-7-17(8-10-19)22-14-18-5-3-4-6-21(18)23-22/h3-14,23-24H,1-2H3. The van der Waals surface area contributed by atoms with E-state index < -0.39 is 10.0 Å². The van der Waals surface area contributed by atoms with E-state index in [0.29, 0.717) is 5.69 Å². The van der Waals surface area contributed by atoms with Crippen molar-refractivity contribution < 1.29 is 8.42 Å². The Balaban J connectivity index is 1.60. The van der Waals surface area contributed by atoms with Crippen molar-refractivity contribution in [3.63, 3.8) is 0 Å². The molecule has 4 nitrogen and oxygen atoms in total. The van der Waals surface area contributed by atoms with Crippen LogP contribution in [-0.2, 0) is 10.0 Å².